The quantitative estimate of drug-likeness (QED) is 0.785. The number of rotatable bonds is 6. The smallest absolute Gasteiger partial charge is 0.328 e. The van der Waals surface area contributed by atoms with Gasteiger partial charge in [-0.3, -0.25) is 0 Å². The predicted octanol–water partition coefficient (Wildman–Crippen LogP) is 3.45. The number of esters is 1. The average molecular weight is 249 g/mol. The van der Waals surface area contributed by atoms with Gasteiger partial charge in [0.1, 0.15) is 6.04 Å². The summed E-state index contributed by atoms with van der Waals surface area (Å²) in [5.41, 5.74) is 3.45. The highest BCUT2D eigenvalue weighted by Gasteiger charge is 2.18. The van der Waals surface area contributed by atoms with E-state index in [1.54, 1.807) is 0 Å². The molecule has 0 heterocycles. The topological polar surface area (TPSA) is 38.3 Å². The molecule has 3 heteroatoms. The van der Waals surface area contributed by atoms with Gasteiger partial charge in [0.25, 0.3) is 0 Å². The van der Waals surface area contributed by atoms with Crippen molar-refractivity contribution in [2.75, 3.05) is 11.9 Å². The van der Waals surface area contributed by atoms with E-state index in [-0.39, 0.29) is 12.0 Å². The summed E-state index contributed by atoms with van der Waals surface area (Å²) in [7, 11) is 0. The zero-order chi connectivity index (χ0) is 13.5. The molecule has 0 radical (unpaired) electrons. The van der Waals surface area contributed by atoms with Crippen molar-refractivity contribution in [3.05, 3.63) is 29.3 Å². The summed E-state index contributed by atoms with van der Waals surface area (Å²) in [6.45, 7) is 8.46. The van der Waals surface area contributed by atoms with Crippen molar-refractivity contribution in [2.45, 2.75) is 46.6 Å². The van der Waals surface area contributed by atoms with E-state index < -0.39 is 0 Å². The SMILES string of the molecule is CCCC(Nc1ccc(C)c(C)c1)C(=O)OCC. The molecule has 1 aromatic rings. The second-order valence-corrected chi connectivity index (χ2v) is 4.54. The van der Waals surface area contributed by atoms with Gasteiger partial charge in [-0.2, -0.15) is 0 Å². The first-order valence-corrected chi connectivity index (χ1v) is 6.58. The number of carbonyl (C=O) groups is 1. The summed E-state index contributed by atoms with van der Waals surface area (Å²) in [5, 5.41) is 3.26. The standard InChI is InChI=1S/C15H23NO2/c1-5-7-14(15(17)18-6-2)16-13-9-8-11(3)12(4)10-13/h8-10,14,16H,5-7H2,1-4H3. The Hall–Kier alpha value is -1.51. The minimum atomic E-state index is -0.253. The first kappa shape index (κ1) is 14.6. The largest absolute Gasteiger partial charge is 0.464 e. The fourth-order valence-electron chi connectivity index (χ4n) is 1.81. The summed E-state index contributed by atoms with van der Waals surface area (Å²) < 4.78 is 5.08. The summed E-state index contributed by atoms with van der Waals surface area (Å²) in [6, 6.07) is 5.88. The van der Waals surface area contributed by atoms with Gasteiger partial charge >= 0.3 is 5.97 Å². The molecule has 0 bridgehead atoms. The molecule has 0 aromatic heterocycles. The number of benzene rings is 1. The molecule has 0 fully saturated rings. The lowest BCUT2D eigenvalue weighted by molar-refractivity contribution is -0.144. The molecule has 1 aromatic carbocycles. The first-order valence-electron chi connectivity index (χ1n) is 6.58. The molecule has 0 aliphatic rings. The van der Waals surface area contributed by atoms with Gasteiger partial charge < -0.3 is 10.1 Å². The molecule has 0 spiro atoms. The highest BCUT2D eigenvalue weighted by Crippen LogP contribution is 2.16. The maximum atomic E-state index is 11.8. The molecule has 0 saturated carbocycles. The molecule has 0 aliphatic heterocycles. The number of hydrogen-bond acceptors (Lipinski definition) is 3. The van der Waals surface area contributed by atoms with Gasteiger partial charge in [-0.1, -0.05) is 19.4 Å². The van der Waals surface area contributed by atoms with Gasteiger partial charge in [-0.15, -0.1) is 0 Å². The van der Waals surface area contributed by atoms with Gasteiger partial charge in [-0.25, -0.2) is 4.79 Å². The molecule has 1 rings (SSSR count). The van der Waals surface area contributed by atoms with Crippen LogP contribution in [0.5, 0.6) is 0 Å². The number of aryl methyl sites for hydroxylation is 2. The van der Waals surface area contributed by atoms with E-state index in [4.69, 9.17) is 4.74 Å². The van der Waals surface area contributed by atoms with Crippen molar-refractivity contribution in [2.24, 2.45) is 0 Å². The predicted molar refractivity (Wildman–Crippen MR) is 74.9 cm³/mol. The zero-order valence-electron chi connectivity index (χ0n) is 11.7. The molecule has 100 valence electrons. The lowest BCUT2D eigenvalue weighted by atomic mass is 10.1. The van der Waals surface area contributed by atoms with Crippen molar-refractivity contribution in [3.8, 4) is 0 Å². The Morgan fingerprint density at radius 1 is 1.28 bits per heavy atom. The highest BCUT2D eigenvalue weighted by molar-refractivity contribution is 5.79. The van der Waals surface area contributed by atoms with Crippen molar-refractivity contribution in [3.63, 3.8) is 0 Å². The normalized spacial score (nSPS) is 12.0. The van der Waals surface area contributed by atoms with Gasteiger partial charge in [-0.05, 0) is 50.5 Å². The van der Waals surface area contributed by atoms with Crippen LogP contribution in [0.2, 0.25) is 0 Å². The third-order valence-corrected chi connectivity index (χ3v) is 3.00. The molecule has 1 atom stereocenters. The molecule has 1 N–H and O–H groups in total. The zero-order valence-corrected chi connectivity index (χ0v) is 11.7. The maximum absolute atomic E-state index is 11.8. The maximum Gasteiger partial charge on any atom is 0.328 e. The molecule has 18 heavy (non-hydrogen) atoms. The Balaban J connectivity index is 2.76. The van der Waals surface area contributed by atoms with E-state index in [0.29, 0.717) is 6.61 Å². The average Bonchev–Trinajstić information content (AvgIpc) is 2.33. The van der Waals surface area contributed by atoms with Crippen LogP contribution in [0.1, 0.15) is 37.8 Å². The number of carbonyl (C=O) groups excluding carboxylic acids is 1. The van der Waals surface area contributed by atoms with Crippen LogP contribution < -0.4 is 5.32 Å². The highest BCUT2D eigenvalue weighted by atomic mass is 16.5. The minimum Gasteiger partial charge on any atom is -0.464 e. The van der Waals surface area contributed by atoms with Crippen LogP contribution in [-0.2, 0) is 9.53 Å². The van der Waals surface area contributed by atoms with Crippen LogP contribution in [0.3, 0.4) is 0 Å². The van der Waals surface area contributed by atoms with E-state index in [1.165, 1.54) is 11.1 Å². The number of ether oxygens (including phenoxy) is 1. The van der Waals surface area contributed by atoms with Crippen LogP contribution >= 0.6 is 0 Å². The summed E-state index contributed by atoms with van der Waals surface area (Å²) in [6.07, 6.45) is 1.73. The fourth-order valence-corrected chi connectivity index (χ4v) is 1.81. The van der Waals surface area contributed by atoms with Gasteiger partial charge in [0.05, 0.1) is 6.61 Å². The van der Waals surface area contributed by atoms with E-state index in [9.17, 15) is 4.79 Å². The monoisotopic (exact) mass is 249 g/mol. The Kier molecular flexibility index (Phi) is 5.69. The van der Waals surface area contributed by atoms with Crippen molar-refractivity contribution < 1.29 is 9.53 Å². The van der Waals surface area contributed by atoms with Crippen LogP contribution in [0, 0.1) is 13.8 Å². The Morgan fingerprint density at radius 3 is 2.56 bits per heavy atom. The van der Waals surface area contributed by atoms with E-state index in [0.717, 1.165) is 18.5 Å². The third-order valence-electron chi connectivity index (χ3n) is 3.00. The van der Waals surface area contributed by atoms with E-state index in [1.807, 2.05) is 13.0 Å². The molecule has 0 saturated heterocycles. The third kappa shape index (κ3) is 4.06. The van der Waals surface area contributed by atoms with Crippen LogP contribution in [-0.4, -0.2) is 18.6 Å². The Morgan fingerprint density at radius 2 is 2.00 bits per heavy atom. The lowest BCUT2D eigenvalue weighted by Gasteiger charge is -2.18. The number of anilines is 1. The number of hydrogen-bond donors (Lipinski definition) is 1. The van der Waals surface area contributed by atoms with Crippen molar-refractivity contribution in [1.82, 2.24) is 0 Å². The molecule has 3 nitrogen and oxygen atoms in total. The van der Waals surface area contributed by atoms with Gasteiger partial charge in [0, 0.05) is 5.69 Å². The Labute approximate surface area is 110 Å². The van der Waals surface area contributed by atoms with E-state index >= 15 is 0 Å². The second kappa shape index (κ2) is 7.04. The van der Waals surface area contributed by atoms with Crippen LogP contribution in [0.15, 0.2) is 18.2 Å². The molecule has 1 unspecified atom stereocenters. The van der Waals surface area contributed by atoms with Gasteiger partial charge in [0.2, 0.25) is 0 Å². The van der Waals surface area contributed by atoms with E-state index in [2.05, 4.69) is 38.2 Å². The Bertz CT molecular complexity index is 401. The van der Waals surface area contributed by atoms with Crippen molar-refractivity contribution >= 4 is 11.7 Å². The number of nitrogens with one attached hydrogen (secondary N) is 1. The minimum absolute atomic E-state index is 0.169. The van der Waals surface area contributed by atoms with Gasteiger partial charge in [0.15, 0.2) is 0 Å². The summed E-state index contributed by atoms with van der Waals surface area (Å²) >= 11 is 0. The molecule has 0 amide bonds. The molecule has 0 aliphatic carbocycles. The summed E-state index contributed by atoms with van der Waals surface area (Å²) in [5.74, 6) is -0.169. The second-order valence-electron chi connectivity index (χ2n) is 4.54. The molecular formula is C15H23NO2. The van der Waals surface area contributed by atoms with Crippen LogP contribution in [0.25, 0.3) is 0 Å². The lowest BCUT2D eigenvalue weighted by Crippen LogP contribution is -2.31. The molecular weight excluding hydrogens is 226 g/mol. The first-order chi connectivity index (χ1) is 8.58. The fraction of sp³-hybridized carbons (Fsp3) is 0.533. The van der Waals surface area contributed by atoms with Crippen LogP contribution in [0.4, 0.5) is 5.69 Å². The summed E-state index contributed by atoms with van der Waals surface area (Å²) in [4.78, 5) is 11.8. The van der Waals surface area contributed by atoms with Crippen molar-refractivity contribution in [1.29, 1.82) is 0 Å².